The maximum atomic E-state index is 12.7. The van der Waals surface area contributed by atoms with E-state index in [1.54, 1.807) is 0 Å². The Morgan fingerprint density at radius 3 is 2.20 bits per heavy atom. The minimum absolute atomic E-state index is 0.0652. The van der Waals surface area contributed by atoms with Crippen LogP contribution in [0.15, 0.2) is 0 Å². The van der Waals surface area contributed by atoms with E-state index in [0.29, 0.717) is 18.4 Å². The van der Waals surface area contributed by atoms with E-state index < -0.39 is 5.41 Å². The highest BCUT2D eigenvalue weighted by molar-refractivity contribution is 5.76. The van der Waals surface area contributed by atoms with Crippen LogP contribution in [0, 0.1) is 23.2 Å². The Morgan fingerprint density at radius 1 is 1.12 bits per heavy atom. The second kappa shape index (κ2) is 6.82. The first kappa shape index (κ1) is 19.1. The highest BCUT2D eigenvalue weighted by Crippen LogP contribution is 2.60. The van der Waals surface area contributed by atoms with Gasteiger partial charge in [-0.1, -0.05) is 6.92 Å². The Hall–Kier alpha value is -0.650. The monoisotopic (exact) mass is 354 g/mol. The lowest BCUT2D eigenvalue weighted by Crippen LogP contribution is -2.62. The van der Waals surface area contributed by atoms with Crippen molar-refractivity contribution in [3.05, 3.63) is 0 Å². The summed E-state index contributed by atoms with van der Waals surface area (Å²) in [6.45, 7) is 6.17. The van der Waals surface area contributed by atoms with Crippen LogP contribution in [0.4, 0.5) is 0 Å². The lowest BCUT2D eigenvalue weighted by molar-refractivity contribution is -0.241. The molecule has 0 heterocycles. The summed E-state index contributed by atoms with van der Waals surface area (Å²) in [7, 11) is 0. The van der Waals surface area contributed by atoms with Crippen molar-refractivity contribution in [2.24, 2.45) is 23.2 Å². The van der Waals surface area contributed by atoms with Gasteiger partial charge in [0.15, 0.2) is 0 Å². The van der Waals surface area contributed by atoms with E-state index >= 15 is 0 Å². The number of hydrogen-bond donors (Lipinski definition) is 2. The van der Waals surface area contributed by atoms with Crippen LogP contribution in [-0.2, 0) is 14.3 Å². The molecule has 4 saturated carbocycles. The third-order valence-electron chi connectivity index (χ3n) is 6.84. The van der Waals surface area contributed by atoms with Crippen molar-refractivity contribution >= 4 is 5.97 Å². The minimum atomic E-state index is -0.448. The van der Waals surface area contributed by atoms with E-state index in [2.05, 4.69) is 0 Å². The number of esters is 1. The third-order valence-corrected chi connectivity index (χ3v) is 6.84. The first-order valence-electron chi connectivity index (χ1n) is 9.84. The summed E-state index contributed by atoms with van der Waals surface area (Å²) < 4.78 is 12.5. The second-order valence-corrected chi connectivity index (χ2v) is 9.50. The zero-order valence-corrected chi connectivity index (χ0v) is 15.9. The molecule has 0 saturated heterocycles. The van der Waals surface area contributed by atoms with Gasteiger partial charge in [0.05, 0.1) is 30.8 Å². The van der Waals surface area contributed by atoms with Crippen LogP contribution in [0.2, 0.25) is 0 Å². The molecular weight excluding hydrogens is 320 g/mol. The Bertz CT molecular complexity index is 482. The van der Waals surface area contributed by atoms with Crippen molar-refractivity contribution in [1.82, 2.24) is 0 Å². The molecule has 4 aliphatic rings. The van der Waals surface area contributed by atoms with Gasteiger partial charge in [-0.25, -0.2) is 0 Å². The molecule has 2 unspecified atom stereocenters. The van der Waals surface area contributed by atoms with Gasteiger partial charge in [-0.3, -0.25) is 4.79 Å². The summed E-state index contributed by atoms with van der Waals surface area (Å²) in [5.41, 5.74) is -1.07. The van der Waals surface area contributed by atoms with Gasteiger partial charge in [-0.2, -0.15) is 0 Å². The van der Waals surface area contributed by atoms with Crippen LogP contribution >= 0.6 is 0 Å². The fourth-order valence-electron chi connectivity index (χ4n) is 5.32. The molecule has 4 bridgehead atoms. The van der Waals surface area contributed by atoms with Crippen molar-refractivity contribution in [1.29, 1.82) is 0 Å². The molecule has 0 aromatic heterocycles. The van der Waals surface area contributed by atoms with Gasteiger partial charge in [0.1, 0.15) is 5.60 Å². The molecule has 144 valence electrons. The van der Waals surface area contributed by atoms with Crippen LogP contribution < -0.4 is 0 Å². The molecule has 0 amide bonds. The molecular formula is C20H34O5. The first-order valence-corrected chi connectivity index (χ1v) is 9.84. The zero-order valence-electron chi connectivity index (χ0n) is 15.9. The number of carbonyl (C=O) groups excluding carboxylic acids is 1. The van der Waals surface area contributed by atoms with Crippen molar-refractivity contribution in [3.8, 4) is 0 Å². The van der Waals surface area contributed by atoms with E-state index in [9.17, 15) is 15.0 Å². The summed E-state index contributed by atoms with van der Waals surface area (Å²) in [4.78, 5) is 12.7. The van der Waals surface area contributed by atoms with E-state index in [0.717, 1.165) is 38.5 Å². The second-order valence-electron chi connectivity index (χ2n) is 9.50. The maximum absolute atomic E-state index is 12.7. The van der Waals surface area contributed by atoms with Crippen LogP contribution in [-0.4, -0.2) is 47.2 Å². The zero-order chi connectivity index (χ0) is 18.3. The van der Waals surface area contributed by atoms with E-state index in [1.807, 2.05) is 20.8 Å². The van der Waals surface area contributed by atoms with Crippen LogP contribution in [0.1, 0.15) is 65.7 Å². The summed E-state index contributed by atoms with van der Waals surface area (Å²) in [5, 5.41) is 18.6. The SMILES string of the molecule is CCC(C)(C)C(=O)OC12CC3CC(CC(OCC(CO)CO)(C3)C1)C2. The Balaban J connectivity index is 1.73. The maximum Gasteiger partial charge on any atom is 0.312 e. The molecule has 4 rings (SSSR count). The number of ether oxygens (including phenoxy) is 2. The van der Waals surface area contributed by atoms with E-state index in [1.165, 1.54) is 6.42 Å². The number of aliphatic hydroxyl groups excluding tert-OH is 2. The fraction of sp³-hybridized carbons (Fsp3) is 0.950. The molecule has 0 aromatic carbocycles. The predicted molar refractivity (Wildman–Crippen MR) is 93.9 cm³/mol. The normalized spacial score (nSPS) is 36.9. The molecule has 25 heavy (non-hydrogen) atoms. The lowest BCUT2D eigenvalue weighted by Gasteiger charge is -2.61. The molecule has 2 N–H and O–H groups in total. The summed E-state index contributed by atoms with van der Waals surface area (Å²) in [6.07, 6.45) is 6.71. The largest absolute Gasteiger partial charge is 0.459 e. The van der Waals surface area contributed by atoms with Gasteiger partial charge in [0, 0.05) is 12.3 Å². The van der Waals surface area contributed by atoms with Crippen molar-refractivity contribution in [2.45, 2.75) is 76.9 Å². The van der Waals surface area contributed by atoms with Crippen molar-refractivity contribution in [2.75, 3.05) is 19.8 Å². The first-order chi connectivity index (χ1) is 11.8. The van der Waals surface area contributed by atoms with Crippen molar-refractivity contribution < 1.29 is 24.5 Å². The topological polar surface area (TPSA) is 76.0 Å². The fourth-order valence-corrected chi connectivity index (χ4v) is 5.32. The summed E-state index contributed by atoms with van der Waals surface area (Å²) in [6, 6.07) is 0. The van der Waals surface area contributed by atoms with Gasteiger partial charge < -0.3 is 19.7 Å². The van der Waals surface area contributed by atoms with Gasteiger partial charge >= 0.3 is 5.97 Å². The molecule has 0 aromatic rings. The highest BCUT2D eigenvalue weighted by Gasteiger charge is 2.60. The van der Waals surface area contributed by atoms with Gasteiger partial charge in [-0.05, 0) is 64.2 Å². The highest BCUT2D eigenvalue weighted by atomic mass is 16.6. The van der Waals surface area contributed by atoms with E-state index in [-0.39, 0.29) is 36.3 Å². The average molecular weight is 354 g/mol. The van der Waals surface area contributed by atoms with Crippen molar-refractivity contribution in [3.63, 3.8) is 0 Å². The standard InChI is InChI=1S/C20H34O5/c1-4-18(2,3)17(23)25-20-8-14-5-15(9-20)7-19(6-14,13-20)24-12-16(10-21)11-22/h14-16,21-22H,4-13H2,1-3H3. The van der Waals surface area contributed by atoms with E-state index in [4.69, 9.17) is 9.47 Å². The number of carbonyl (C=O) groups is 1. The minimum Gasteiger partial charge on any atom is -0.459 e. The molecule has 5 nitrogen and oxygen atoms in total. The van der Waals surface area contributed by atoms with Gasteiger partial charge in [-0.15, -0.1) is 0 Å². The quantitative estimate of drug-likeness (QED) is 0.656. The predicted octanol–water partition coefficient (Wildman–Crippen LogP) is 2.67. The summed E-state index contributed by atoms with van der Waals surface area (Å²) in [5.74, 6) is 0.794. The molecule has 4 fully saturated rings. The number of rotatable bonds is 8. The molecule has 2 atom stereocenters. The Labute approximate surface area is 151 Å². The lowest BCUT2D eigenvalue weighted by atomic mass is 9.52. The van der Waals surface area contributed by atoms with Crippen LogP contribution in [0.25, 0.3) is 0 Å². The molecule has 5 heteroatoms. The molecule has 0 aliphatic heterocycles. The molecule has 4 aliphatic carbocycles. The third kappa shape index (κ3) is 3.74. The van der Waals surface area contributed by atoms with Crippen LogP contribution in [0.3, 0.4) is 0 Å². The molecule has 0 spiro atoms. The number of aliphatic hydroxyl groups is 2. The molecule has 0 radical (unpaired) electrons. The average Bonchev–Trinajstić information content (AvgIpc) is 2.54. The summed E-state index contributed by atoms with van der Waals surface area (Å²) >= 11 is 0. The Morgan fingerprint density at radius 2 is 1.68 bits per heavy atom. The number of hydrogen-bond acceptors (Lipinski definition) is 5. The smallest absolute Gasteiger partial charge is 0.312 e. The Kier molecular flexibility index (Phi) is 5.22. The van der Waals surface area contributed by atoms with Gasteiger partial charge in [0.2, 0.25) is 0 Å². The van der Waals surface area contributed by atoms with Gasteiger partial charge in [0.25, 0.3) is 0 Å². The van der Waals surface area contributed by atoms with Crippen LogP contribution in [0.5, 0.6) is 0 Å².